The molecule has 0 aliphatic carbocycles. The highest BCUT2D eigenvalue weighted by molar-refractivity contribution is 4.62. The molecule has 3 heteroatoms. The third-order valence-electron chi connectivity index (χ3n) is 1.53. The molecule has 0 aromatic carbocycles. The molecule has 0 aromatic heterocycles. The normalized spacial score (nSPS) is 10.8. The smallest absolute Gasteiger partial charge is 0.00629 e. The van der Waals surface area contributed by atoms with E-state index in [-0.39, 0.29) is 0 Å². The molecule has 4 N–H and O–H groups in total. The number of rotatable bonds is 6. The molecule has 0 rings (SSSR count). The van der Waals surface area contributed by atoms with Crippen molar-refractivity contribution in [3.8, 4) is 0 Å². The van der Waals surface area contributed by atoms with E-state index in [0.717, 1.165) is 25.9 Å². The molecule has 0 unspecified atom stereocenters. The molecule has 0 fully saturated rings. The summed E-state index contributed by atoms with van der Waals surface area (Å²) in [6, 6.07) is 0.347. The van der Waals surface area contributed by atoms with E-state index in [0.29, 0.717) is 6.04 Å². The number of nitrogens with one attached hydrogen (secondary N) is 2. The van der Waals surface area contributed by atoms with Gasteiger partial charge in [0.2, 0.25) is 0 Å². The highest BCUT2D eigenvalue weighted by atomic mass is 14.8. The van der Waals surface area contributed by atoms with Crippen LogP contribution in [-0.2, 0) is 0 Å². The van der Waals surface area contributed by atoms with E-state index in [1.54, 1.807) is 0 Å². The zero-order valence-electron chi connectivity index (χ0n) is 6.98. The number of hydrogen-bond donors (Lipinski definition) is 3. The van der Waals surface area contributed by atoms with Gasteiger partial charge in [-0.2, -0.15) is 0 Å². The Hall–Kier alpha value is -0.120. The van der Waals surface area contributed by atoms with Crippen LogP contribution in [0.2, 0.25) is 0 Å². The minimum Gasteiger partial charge on any atom is -0.328 e. The highest BCUT2D eigenvalue weighted by Crippen LogP contribution is 1.90. The lowest BCUT2D eigenvalue weighted by atomic mass is 10.1. The first-order valence-electron chi connectivity index (χ1n) is 3.86. The van der Waals surface area contributed by atoms with Crippen LogP contribution in [0.5, 0.6) is 0 Å². The molecule has 62 valence electrons. The monoisotopic (exact) mass is 145 g/mol. The molecular formula is C7H19N3. The van der Waals surface area contributed by atoms with Crippen LogP contribution in [0.1, 0.15) is 12.8 Å². The third-order valence-corrected chi connectivity index (χ3v) is 1.53. The maximum atomic E-state index is 5.77. The van der Waals surface area contributed by atoms with Gasteiger partial charge in [-0.05, 0) is 40.0 Å². The Morgan fingerprint density at radius 1 is 1.10 bits per heavy atom. The first kappa shape index (κ1) is 9.88. The van der Waals surface area contributed by atoms with Crippen molar-refractivity contribution in [2.45, 2.75) is 18.9 Å². The van der Waals surface area contributed by atoms with Gasteiger partial charge in [0.1, 0.15) is 0 Å². The van der Waals surface area contributed by atoms with Crippen LogP contribution in [0.3, 0.4) is 0 Å². The highest BCUT2D eigenvalue weighted by Gasteiger charge is 1.98. The van der Waals surface area contributed by atoms with E-state index >= 15 is 0 Å². The minimum atomic E-state index is 0.347. The first-order valence-corrected chi connectivity index (χ1v) is 3.86. The van der Waals surface area contributed by atoms with Crippen molar-refractivity contribution in [1.82, 2.24) is 10.6 Å². The van der Waals surface area contributed by atoms with E-state index in [4.69, 9.17) is 5.73 Å². The Bertz CT molecular complexity index is 57.9. The van der Waals surface area contributed by atoms with E-state index in [2.05, 4.69) is 10.6 Å². The zero-order chi connectivity index (χ0) is 7.82. The standard InChI is InChI=1S/C7H19N3/c1-9-5-3-7(8)4-6-10-2/h7,9-10H,3-6,8H2,1-2H3. The molecule has 0 aliphatic heterocycles. The first-order chi connectivity index (χ1) is 4.81. The zero-order valence-corrected chi connectivity index (χ0v) is 6.98. The van der Waals surface area contributed by atoms with Crippen LogP contribution in [0.4, 0.5) is 0 Å². The van der Waals surface area contributed by atoms with E-state index < -0.39 is 0 Å². The SMILES string of the molecule is CNCCC(N)CCNC. The van der Waals surface area contributed by atoms with Gasteiger partial charge >= 0.3 is 0 Å². The summed E-state index contributed by atoms with van der Waals surface area (Å²) in [6.45, 7) is 2.04. The van der Waals surface area contributed by atoms with Gasteiger partial charge in [-0.1, -0.05) is 0 Å². The van der Waals surface area contributed by atoms with Gasteiger partial charge in [-0.3, -0.25) is 0 Å². The lowest BCUT2D eigenvalue weighted by Gasteiger charge is -2.09. The molecule has 0 heterocycles. The summed E-state index contributed by atoms with van der Waals surface area (Å²) in [4.78, 5) is 0. The van der Waals surface area contributed by atoms with Crippen LogP contribution in [0.15, 0.2) is 0 Å². The van der Waals surface area contributed by atoms with Crippen molar-refractivity contribution in [3.05, 3.63) is 0 Å². The van der Waals surface area contributed by atoms with Crippen molar-refractivity contribution in [1.29, 1.82) is 0 Å². The summed E-state index contributed by atoms with van der Waals surface area (Å²) < 4.78 is 0. The van der Waals surface area contributed by atoms with Gasteiger partial charge in [-0.15, -0.1) is 0 Å². The van der Waals surface area contributed by atoms with E-state index in [1.165, 1.54) is 0 Å². The average Bonchev–Trinajstić information content (AvgIpc) is 1.97. The van der Waals surface area contributed by atoms with Crippen molar-refractivity contribution in [2.24, 2.45) is 5.73 Å². The molecule has 3 nitrogen and oxygen atoms in total. The predicted molar refractivity (Wildman–Crippen MR) is 45.1 cm³/mol. The Kier molecular flexibility index (Phi) is 6.91. The minimum absolute atomic E-state index is 0.347. The molecule has 0 saturated carbocycles. The second-order valence-corrected chi connectivity index (χ2v) is 2.54. The van der Waals surface area contributed by atoms with Crippen LogP contribution in [0, 0.1) is 0 Å². The van der Waals surface area contributed by atoms with Gasteiger partial charge in [-0.25, -0.2) is 0 Å². The molecular weight excluding hydrogens is 126 g/mol. The lowest BCUT2D eigenvalue weighted by molar-refractivity contribution is 0.537. The Labute approximate surface area is 63.4 Å². The van der Waals surface area contributed by atoms with Crippen molar-refractivity contribution in [2.75, 3.05) is 27.2 Å². The lowest BCUT2D eigenvalue weighted by Crippen LogP contribution is -2.28. The molecule has 0 atom stereocenters. The van der Waals surface area contributed by atoms with Gasteiger partial charge < -0.3 is 16.4 Å². The molecule has 0 amide bonds. The molecule has 0 bridgehead atoms. The summed E-state index contributed by atoms with van der Waals surface area (Å²) >= 11 is 0. The summed E-state index contributed by atoms with van der Waals surface area (Å²) in [5.74, 6) is 0. The quantitative estimate of drug-likeness (QED) is 0.474. The maximum absolute atomic E-state index is 5.77. The summed E-state index contributed by atoms with van der Waals surface area (Å²) in [6.07, 6.45) is 2.14. The van der Waals surface area contributed by atoms with Gasteiger partial charge in [0.15, 0.2) is 0 Å². The fraction of sp³-hybridized carbons (Fsp3) is 1.00. The fourth-order valence-electron chi connectivity index (χ4n) is 0.804. The molecule has 0 aromatic rings. The van der Waals surface area contributed by atoms with Crippen molar-refractivity contribution >= 4 is 0 Å². The van der Waals surface area contributed by atoms with Crippen LogP contribution in [0.25, 0.3) is 0 Å². The van der Waals surface area contributed by atoms with Gasteiger partial charge in [0.25, 0.3) is 0 Å². The second kappa shape index (κ2) is 6.99. The summed E-state index contributed by atoms with van der Waals surface area (Å²) in [5, 5.41) is 6.15. The predicted octanol–water partition coefficient (Wildman–Crippen LogP) is -0.467. The molecule has 0 saturated heterocycles. The molecule has 10 heavy (non-hydrogen) atoms. The average molecular weight is 145 g/mol. The number of hydrogen-bond acceptors (Lipinski definition) is 3. The molecule has 0 spiro atoms. The largest absolute Gasteiger partial charge is 0.328 e. The Morgan fingerprint density at radius 2 is 1.50 bits per heavy atom. The van der Waals surface area contributed by atoms with Crippen LogP contribution < -0.4 is 16.4 Å². The van der Waals surface area contributed by atoms with E-state index in [9.17, 15) is 0 Å². The molecule has 0 aliphatic rings. The van der Waals surface area contributed by atoms with Crippen molar-refractivity contribution in [3.63, 3.8) is 0 Å². The van der Waals surface area contributed by atoms with E-state index in [1.807, 2.05) is 14.1 Å². The fourth-order valence-corrected chi connectivity index (χ4v) is 0.804. The topological polar surface area (TPSA) is 50.1 Å². The van der Waals surface area contributed by atoms with Crippen LogP contribution >= 0.6 is 0 Å². The molecule has 0 radical (unpaired) electrons. The van der Waals surface area contributed by atoms with Crippen molar-refractivity contribution < 1.29 is 0 Å². The Balaban J connectivity index is 3.00. The van der Waals surface area contributed by atoms with Crippen LogP contribution in [-0.4, -0.2) is 33.2 Å². The Morgan fingerprint density at radius 3 is 1.80 bits per heavy atom. The van der Waals surface area contributed by atoms with Gasteiger partial charge in [0, 0.05) is 6.04 Å². The third kappa shape index (κ3) is 6.01. The maximum Gasteiger partial charge on any atom is 0.00629 e. The second-order valence-electron chi connectivity index (χ2n) is 2.54. The van der Waals surface area contributed by atoms with Gasteiger partial charge in [0.05, 0.1) is 0 Å². The summed E-state index contributed by atoms with van der Waals surface area (Å²) in [7, 11) is 3.90. The summed E-state index contributed by atoms with van der Waals surface area (Å²) in [5.41, 5.74) is 5.77. The number of nitrogens with two attached hydrogens (primary N) is 1.